The van der Waals surface area contributed by atoms with Gasteiger partial charge in [0.15, 0.2) is 0 Å². The van der Waals surface area contributed by atoms with Gasteiger partial charge >= 0.3 is 0 Å². The van der Waals surface area contributed by atoms with E-state index >= 15 is 0 Å². The molecule has 0 spiro atoms. The summed E-state index contributed by atoms with van der Waals surface area (Å²) in [7, 11) is 0. The molecular formula is C12H12Cl2O. The standard InChI is InChI=1S/C10H8O.C2H4Cl2/c11-10-6-5-8-3-1-2-4-9(8)7-10;3-1-2-4/h1-7,11H;1-2H2. The van der Waals surface area contributed by atoms with Crippen molar-refractivity contribution in [3.05, 3.63) is 42.5 Å². The van der Waals surface area contributed by atoms with Crippen molar-refractivity contribution in [1.82, 2.24) is 0 Å². The molecule has 0 saturated heterocycles. The number of aromatic hydroxyl groups is 1. The van der Waals surface area contributed by atoms with Crippen LogP contribution in [-0.4, -0.2) is 16.9 Å². The lowest BCUT2D eigenvalue weighted by Gasteiger charge is -1.96. The van der Waals surface area contributed by atoms with E-state index in [4.69, 9.17) is 28.3 Å². The molecule has 1 N–H and O–H groups in total. The van der Waals surface area contributed by atoms with E-state index in [1.165, 1.54) is 0 Å². The van der Waals surface area contributed by atoms with Crippen LogP contribution in [0.3, 0.4) is 0 Å². The predicted molar refractivity (Wildman–Crippen MR) is 67.1 cm³/mol. The Bertz CT molecular complexity index is 413. The average molecular weight is 243 g/mol. The molecule has 0 saturated carbocycles. The molecule has 1 nitrogen and oxygen atoms in total. The molecule has 2 aromatic rings. The van der Waals surface area contributed by atoms with E-state index in [0.29, 0.717) is 17.5 Å². The van der Waals surface area contributed by atoms with Gasteiger partial charge in [0.1, 0.15) is 5.75 Å². The van der Waals surface area contributed by atoms with E-state index in [-0.39, 0.29) is 0 Å². The number of alkyl halides is 2. The Hall–Kier alpha value is -0.920. The summed E-state index contributed by atoms with van der Waals surface area (Å²) in [4.78, 5) is 0. The maximum atomic E-state index is 9.13. The van der Waals surface area contributed by atoms with E-state index in [0.717, 1.165) is 10.8 Å². The van der Waals surface area contributed by atoms with Gasteiger partial charge in [0.05, 0.1) is 0 Å². The minimum absolute atomic E-state index is 0.323. The van der Waals surface area contributed by atoms with E-state index in [2.05, 4.69) is 0 Å². The number of phenolic OH excluding ortho intramolecular Hbond substituents is 1. The molecule has 0 heterocycles. The summed E-state index contributed by atoms with van der Waals surface area (Å²) in [6.07, 6.45) is 0. The Labute approximate surface area is 99.2 Å². The normalized spacial score (nSPS) is 9.47. The van der Waals surface area contributed by atoms with Gasteiger partial charge in [0, 0.05) is 11.8 Å². The molecule has 3 heteroatoms. The second-order valence-corrected chi connectivity index (χ2v) is 3.67. The largest absolute Gasteiger partial charge is 0.508 e. The van der Waals surface area contributed by atoms with Crippen LogP contribution in [0, 0.1) is 0 Å². The molecule has 80 valence electrons. The molecule has 0 fully saturated rings. The Kier molecular flexibility index (Phi) is 5.30. The monoisotopic (exact) mass is 242 g/mol. The van der Waals surface area contributed by atoms with Gasteiger partial charge in [-0.25, -0.2) is 0 Å². The number of halogens is 2. The van der Waals surface area contributed by atoms with Crippen LogP contribution < -0.4 is 0 Å². The SMILES string of the molecule is ClCCCl.Oc1ccc2ccccc2c1. The van der Waals surface area contributed by atoms with Crippen molar-refractivity contribution in [2.45, 2.75) is 0 Å². The fourth-order valence-electron chi connectivity index (χ4n) is 1.18. The third-order valence-electron chi connectivity index (χ3n) is 1.80. The second kappa shape index (κ2) is 6.54. The summed E-state index contributed by atoms with van der Waals surface area (Å²) < 4.78 is 0. The van der Waals surface area contributed by atoms with Crippen LogP contribution in [0.4, 0.5) is 0 Å². The Morgan fingerprint density at radius 1 is 0.867 bits per heavy atom. The van der Waals surface area contributed by atoms with Crippen LogP contribution in [0.1, 0.15) is 0 Å². The summed E-state index contributed by atoms with van der Waals surface area (Å²) in [5.41, 5.74) is 0. The fraction of sp³-hybridized carbons (Fsp3) is 0.167. The molecule has 0 unspecified atom stereocenters. The molecule has 0 aromatic heterocycles. The zero-order valence-electron chi connectivity index (χ0n) is 8.16. The average Bonchev–Trinajstić information content (AvgIpc) is 2.29. The molecule has 15 heavy (non-hydrogen) atoms. The number of hydrogen-bond donors (Lipinski definition) is 1. The number of phenols is 1. The van der Waals surface area contributed by atoms with E-state index < -0.39 is 0 Å². The fourth-order valence-corrected chi connectivity index (χ4v) is 1.18. The van der Waals surface area contributed by atoms with Crippen molar-refractivity contribution < 1.29 is 5.11 Å². The maximum absolute atomic E-state index is 9.13. The van der Waals surface area contributed by atoms with Gasteiger partial charge in [0.25, 0.3) is 0 Å². The minimum Gasteiger partial charge on any atom is -0.508 e. The lowest BCUT2D eigenvalue weighted by Crippen LogP contribution is -1.69. The van der Waals surface area contributed by atoms with Crippen molar-refractivity contribution in [3.8, 4) is 5.75 Å². The Balaban J connectivity index is 0.000000245. The topological polar surface area (TPSA) is 20.2 Å². The molecule has 0 aliphatic carbocycles. The van der Waals surface area contributed by atoms with Crippen LogP contribution >= 0.6 is 23.2 Å². The van der Waals surface area contributed by atoms with Gasteiger partial charge in [-0.05, 0) is 22.9 Å². The van der Waals surface area contributed by atoms with Gasteiger partial charge in [-0.15, -0.1) is 23.2 Å². The smallest absolute Gasteiger partial charge is 0.116 e. The highest BCUT2D eigenvalue weighted by Crippen LogP contribution is 2.18. The first kappa shape index (κ1) is 12.2. The summed E-state index contributed by atoms with van der Waals surface area (Å²) in [5.74, 6) is 1.44. The maximum Gasteiger partial charge on any atom is 0.116 e. The molecule has 2 aromatic carbocycles. The predicted octanol–water partition coefficient (Wildman–Crippen LogP) is 4.01. The van der Waals surface area contributed by atoms with Crippen LogP contribution in [0.15, 0.2) is 42.5 Å². The van der Waals surface area contributed by atoms with Crippen LogP contribution in [-0.2, 0) is 0 Å². The summed E-state index contributed by atoms with van der Waals surface area (Å²) >= 11 is 10.1. The molecule has 0 atom stereocenters. The number of fused-ring (bicyclic) bond motifs is 1. The Morgan fingerprint density at radius 2 is 1.47 bits per heavy atom. The van der Waals surface area contributed by atoms with Crippen LogP contribution in [0.2, 0.25) is 0 Å². The van der Waals surface area contributed by atoms with Gasteiger partial charge < -0.3 is 5.11 Å². The first-order valence-corrected chi connectivity index (χ1v) is 5.64. The first-order valence-electron chi connectivity index (χ1n) is 4.57. The van der Waals surface area contributed by atoms with Gasteiger partial charge in [0.2, 0.25) is 0 Å². The van der Waals surface area contributed by atoms with E-state index in [1.54, 1.807) is 12.1 Å². The molecule has 0 aliphatic rings. The van der Waals surface area contributed by atoms with Crippen molar-refractivity contribution in [2.24, 2.45) is 0 Å². The van der Waals surface area contributed by atoms with Crippen LogP contribution in [0.25, 0.3) is 10.8 Å². The Morgan fingerprint density at radius 3 is 2.07 bits per heavy atom. The zero-order valence-corrected chi connectivity index (χ0v) is 9.67. The van der Waals surface area contributed by atoms with Crippen molar-refractivity contribution in [3.63, 3.8) is 0 Å². The highest BCUT2D eigenvalue weighted by molar-refractivity contribution is 6.25. The van der Waals surface area contributed by atoms with Gasteiger partial charge in [-0.3, -0.25) is 0 Å². The van der Waals surface area contributed by atoms with Crippen molar-refractivity contribution >= 4 is 34.0 Å². The third kappa shape index (κ3) is 3.98. The number of benzene rings is 2. The number of rotatable bonds is 1. The van der Waals surface area contributed by atoms with Crippen LogP contribution in [0.5, 0.6) is 5.75 Å². The summed E-state index contributed by atoms with van der Waals surface area (Å²) in [6.45, 7) is 0. The van der Waals surface area contributed by atoms with Gasteiger partial charge in [-0.2, -0.15) is 0 Å². The first-order chi connectivity index (χ1) is 7.27. The van der Waals surface area contributed by atoms with Crippen molar-refractivity contribution in [2.75, 3.05) is 11.8 Å². The molecule has 2 rings (SSSR count). The summed E-state index contributed by atoms with van der Waals surface area (Å²) in [6, 6.07) is 13.3. The zero-order chi connectivity index (χ0) is 11.1. The minimum atomic E-state index is 0.323. The third-order valence-corrected chi connectivity index (χ3v) is 2.38. The highest BCUT2D eigenvalue weighted by atomic mass is 35.5. The van der Waals surface area contributed by atoms with Crippen molar-refractivity contribution in [1.29, 1.82) is 0 Å². The molecule has 0 amide bonds. The quantitative estimate of drug-likeness (QED) is 0.750. The molecule has 0 aliphatic heterocycles. The number of hydrogen-bond acceptors (Lipinski definition) is 1. The molecular weight excluding hydrogens is 231 g/mol. The molecule has 0 bridgehead atoms. The lowest BCUT2D eigenvalue weighted by molar-refractivity contribution is 0.476. The van der Waals surface area contributed by atoms with Gasteiger partial charge in [-0.1, -0.05) is 30.3 Å². The molecule has 0 radical (unpaired) electrons. The highest BCUT2D eigenvalue weighted by Gasteiger charge is 1.91. The summed E-state index contributed by atoms with van der Waals surface area (Å²) in [5, 5.41) is 11.4. The second-order valence-electron chi connectivity index (χ2n) is 2.91. The lowest BCUT2D eigenvalue weighted by atomic mass is 10.1. The van der Waals surface area contributed by atoms with E-state index in [1.807, 2.05) is 30.3 Å². The van der Waals surface area contributed by atoms with E-state index in [9.17, 15) is 0 Å².